The van der Waals surface area contributed by atoms with Crippen LogP contribution in [0.4, 0.5) is 0 Å². The molecule has 330 valence electrons. The minimum atomic E-state index is -5.11. The van der Waals surface area contributed by atoms with Crippen LogP contribution in [-0.2, 0) is 32.7 Å². The van der Waals surface area contributed by atoms with Gasteiger partial charge in [0.1, 0.15) is 43.2 Å². The van der Waals surface area contributed by atoms with Gasteiger partial charge in [0.15, 0.2) is 6.10 Å². The molecule has 0 aromatic carbocycles. The average Bonchev–Trinajstić information content (AvgIpc) is 3.18. The van der Waals surface area contributed by atoms with Gasteiger partial charge in [-0.15, -0.1) is 0 Å². The van der Waals surface area contributed by atoms with Gasteiger partial charge < -0.3 is 39.9 Å². The molecule has 0 aromatic heterocycles. The zero-order valence-electron chi connectivity index (χ0n) is 34.7. The molecule has 0 radical (unpaired) electrons. The van der Waals surface area contributed by atoms with E-state index in [4.69, 9.17) is 18.5 Å². The van der Waals surface area contributed by atoms with Crippen LogP contribution in [0.2, 0.25) is 0 Å². The van der Waals surface area contributed by atoms with Gasteiger partial charge in [0.25, 0.3) is 0 Å². The number of esters is 2. The quantitative estimate of drug-likeness (QED) is 0.0154. The Morgan fingerprint density at radius 2 is 0.911 bits per heavy atom. The minimum absolute atomic E-state index is 0.100. The van der Waals surface area contributed by atoms with E-state index in [9.17, 15) is 44.6 Å². The van der Waals surface area contributed by atoms with Crippen molar-refractivity contribution in [1.29, 1.82) is 0 Å². The molecule has 1 aliphatic carbocycles. The number of aliphatic hydroxyl groups is 5. The molecule has 0 saturated heterocycles. The lowest BCUT2D eigenvalue weighted by atomic mass is 9.85. The zero-order valence-corrected chi connectivity index (χ0v) is 35.6. The van der Waals surface area contributed by atoms with E-state index in [0.29, 0.717) is 12.8 Å². The van der Waals surface area contributed by atoms with Crippen molar-refractivity contribution in [1.82, 2.24) is 0 Å². The monoisotopic (exact) mass is 823 g/mol. The Labute approximate surface area is 337 Å². The highest BCUT2D eigenvalue weighted by Gasteiger charge is 2.51. The van der Waals surface area contributed by atoms with Gasteiger partial charge in [-0.05, 0) is 38.5 Å². The first-order valence-electron chi connectivity index (χ1n) is 22.0. The van der Waals surface area contributed by atoms with Crippen LogP contribution in [0.3, 0.4) is 0 Å². The number of carbonyl (C=O) groups is 2. The number of hydrogen-bond acceptors (Lipinski definition) is 12. The third kappa shape index (κ3) is 25.8. The summed E-state index contributed by atoms with van der Waals surface area (Å²) in [5.41, 5.74) is 0. The number of carbonyl (C=O) groups excluding carboxylic acids is 2. The van der Waals surface area contributed by atoms with Crippen molar-refractivity contribution in [2.45, 2.75) is 230 Å². The van der Waals surface area contributed by atoms with Crippen molar-refractivity contribution in [3.63, 3.8) is 0 Å². The summed E-state index contributed by atoms with van der Waals surface area (Å²) in [4.78, 5) is 35.6. The predicted molar refractivity (Wildman–Crippen MR) is 217 cm³/mol. The third-order valence-corrected chi connectivity index (χ3v) is 11.3. The molecular formula is C42H79O13P. The lowest BCUT2D eigenvalue weighted by Crippen LogP contribution is -2.64. The molecule has 6 unspecified atom stereocenters. The van der Waals surface area contributed by atoms with Crippen LogP contribution in [0.1, 0.15) is 187 Å². The Morgan fingerprint density at radius 1 is 0.536 bits per heavy atom. The van der Waals surface area contributed by atoms with Crippen LogP contribution in [0.25, 0.3) is 0 Å². The molecule has 0 aliphatic heterocycles. The van der Waals surface area contributed by atoms with Crippen LogP contribution < -0.4 is 0 Å². The lowest BCUT2D eigenvalue weighted by molar-refractivity contribution is -0.220. The molecule has 0 heterocycles. The maximum absolute atomic E-state index is 12.8. The maximum atomic E-state index is 12.8. The van der Waals surface area contributed by atoms with Gasteiger partial charge in [0.05, 0.1) is 6.61 Å². The van der Waals surface area contributed by atoms with Gasteiger partial charge in [-0.25, -0.2) is 4.57 Å². The number of hydrogen-bond donors (Lipinski definition) is 6. The molecule has 1 aliphatic rings. The number of rotatable bonds is 36. The molecule has 56 heavy (non-hydrogen) atoms. The number of aliphatic hydroxyl groups excluding tert-OH is 5. The van der Waals surface area contributed by atoms with E-state index in [2.05, 4.69) is 26.0 Å². The molecule has 1 rings (SSSR count). The summed E-state index contributed by atoms with van der Waals surface area (Å²) >= 11 is 0. The molecule has 1 fully saturated rings. The topological polar surface area (TPSA) is 210 Å². The second-order valence-electron chi connectivity index (χ2n) is 15.6. The van der Waals surface area contributed by atoms with Crippen LogP contribution in [0.5, 0.6) is 0 Å². The van der Waals surface area contributed by atoms with Crippen LogP contribution in [-0.4, -0.2) is 98.3 Å². The van der Waals surface area contributed by atoms with E-state index in [1.54, 1.807) is 0 Å². The number of phosphoric acid groups is 1. The van der Waals surface area contributed by atoms with E-state index < -0.39 is 75.7 Å². The second kappa shape index (κ2) is 33.4. The Bertz CT molecular complexity index is 1040. The minimum Gasteiger partial charge on any atom is -0.462 e. The first-order chi connectivity index (χ1) is 26.9. The van der Waals surface area contributed by atoms with Crippen molar-refractivity contribution in [3.8, 4) is 0 Å². The fourth-order valence-corrected chi connectivity index (χ4v) is 7.73. The van der Waals surface area contributed by atoms with E-state index in [-0.39, 0.29) is 12.8 Å². The molecule has 0 amide bonds. The number of phosphoric ester groups is 1. The molecule has 14 heteroatoms. The first-order valence-corrected chi connectivity index (χ1v) is 23.5. The van der Waals surface area contributed by atoms with Crippen molar-refractivity contribution >= 4 is 19.8 Å². The van der Waals surface area contributed by atoms with Gasteiger partial charge in [-0.2, -0.15) is 0 Å². The molecule has 8 atom stereocenters. The summed E-state index contributed by atoms with van der Waals surface area (Å²) < 4.78 is 33.4. The van der Waals surface area contributed by atoms with Gasteiger partial charge >= 0.3 is 19.8 Å². The summed E-state index contributed by atoms with van der Waals surface area (Å²) in [5, 5.41) is 50.0. The Morgan fingerprint density at radius 3 is 1.38 bits per heavy atom. The van der Waals surface area contributed by atoms with Gasteiger partial charge in [-0.3, -0.25) is 18.6 Å². The summed E-state index contributed by atoms with van der Waals surface area (Å²) in [6, 6.07) is 0. The largest absolute Gasteiger partial charge is 0.472 e. The Balaban J connectivity index is 2.49. The van der Waals surface area contributed by atoms with Crippen LogP contribution >= 0.6 is 7.82 Å². The highest BCUT2D eigenvalue weighted by molar-refractivity contribution is 7.47. The van der Waals surface area contributed by atoms with E-state index in [1.165, 1.54) is 89.9 Å². The van der Waals surface area contributed by atoms with Gasteiger partial charge in [-0.1, -0.05) is 148 Å². The Hall–Kier alpha value is -1.41. The highest BCUT2D eigenvalue weighted by Crippen LogP contribution is 2.47. The molecule has 0 bridgehead atoms. The van der Waals surface area contributed by atoms with Gasteiger partial charge in [0, 0.05) is 12.8 Å². The molecule has 6 N–H and O–H groups in total. The van der Waals surface area contributed by atoms with Gasteiger partial charge in [0.2, 0.25) is 0 Å². The number of ether oxygens (including phenoxy) is 2. The highest BCUT2D eigenvalue weighted by atomic mass is 31.2. The molecule has 0 aromatic rings. The predicted octanol–water partition coefficient (Wildman–Crippen LogP) is 7.89. The molecule has 1 saturated carbocycles. The van der Waals surface area contributed by atoms with Crippen molar-refractivity contribution in [2.24, 2.45) is 0 Å². The van der Waals surface area contributed by atoms with Crippen molar-refractivity contribution in [3.05, 3.63) is 12.2 Å². The number of allylic oxidation sites excluding steroid dienone is 2. The summed E-state index contributed by atoms with van der Waals surface area (Å²) in [6.45, 7) is 3.27. The van der Waals surface area contributed by atoms with Crippen molar-refractivity contribution in [2.75, 3.05) is 13.2 Å². The normalized spacial score (nSPS) is 22.9. The molecular weight excluding hydrogens is 743 g/mol. The smallest absolute Gasteiger partial charge is 0.462 e. The average molecular weight is 823 g/mol. The van der Waals surface area contributed by atoms with E-state index in [1.807, 2.05) is 0 Å². The molecule has 0 spiro atoms. The van der Waals surface area contributed by atoms with Crippen LogP contribution in [0, 0.1) is 0 Å². The summed E-state index contributed by atoms with van der Waals surface area (Å²) in [5.74, 6) is -1.10. The summed E-state index contributed by atoms with van der Waals surface area (Å²) in [6.07, 6.45) is 19.8. The lowest BCUT2D eigenvalue weighted by Gasteiger charge is -2.41. The fourth-order valence-electron chi connectivity index (χ4n) is 6.75. The first kappa shape index (κ1) is 52.6. The number of unbranched alkanes of at least 4 members (excludes halogenated alkanes) is 22. The second-order valence-corrected chi connectivity index (χ2v) is 17.0. The van der Waals surface area contributed by atoms with E-state index >= 15 is 0 Å². The SMILES string of the molecule is CCCCCC/C=C/CCCCCCCC(=O)OC[C@H](COP(=O)(O)OC1C(O)C(O)C(O)[C@@H](O)C1O)OC(=O)CCCCCCCCCCCCCCCC. The zero-order chi connectivity index (χ0) is 41.4. The fraction of sp³-hybridized carbons (Fsp3) is 0.905. The van der Waals surface area contributed by atoms with Crippen molar-refractivity contribution < 1.29 is 63.1 Å². The standard InChI is InChI=1S/C42H79O13P/c1-3-5-7-9-11-13-15-17-19-21-23-25-27-29-31-36(44)54-34(33-53-56(50,51)55-42-40(48)38(46)37(45)39(47)41(42)49)32-52-35(43)30-28-26-24-22-20-18-16-14-12-10-8-6-4-2/h14,16,34,37-42,45-49H,3-13,15,17-33H2,1-2H3,(H,50,51)/b16-14+/t34-,37?,38-,39?,40?,41?,42?/m1/s1. The van der Waals surface area contributed by atoms with Crippen LogP contribution in [0.15, 0.2) is 12.2 Å². The third-order valence-electron chi connectivity index (χ3n) is 10.4. The molecule has 13 nitrogen and oxygen atoms in total. The maximum Gasteiger partial charge on any atom is 0.472 e. The van der Waals surface area contributed by atoms with E-state index in [0.717, 1.165) is 57.8 Å². The Kier molecular flexibility index (Phi) is 31.4. The summed E-state index contributed by atoms with van der Waals surface area (Å²) in [7, 11) is -5.11.